The van der Waals surface area contributed by atoms with Gasteiger partial charge in [0.25, 0.3) is 0 Å². The van der Waals surface area contributed by atoms with Crippen LogP contribution in [0, 0.1) is 5.41 Å². The molecule has 1 aliphatic carbocycles. The van der Waals surface area contributed by atoms with Crippen LogP contribution in [-0.4, -0.2) is 18.1 Å². The number of pyridine rings is 1. The summed E-state index contributed by atoms with van der Waals surface area (Å²) in [6.45, 7) is 2.30. The molecule has 0 unspecified atom stereocenters. The Bertz CT molecular complexity index is 421. The van der Waals surface area contributed by atoms with Gasteiger partial charge in [-0.05, 0) is 46.0 Å². The Labute approximate surface area is 97.9 Å². The highest BCUT2D eigenvalue weighted by Gasteiger charge is 2.38. The minimum absolute atomic E-state index is 0.470. The predicted molar refractivity (Wildman–Crippen MR) is 64.5 cm³/mol. The van der Waals surface area contributed by atoms with Crippen molar-refractivity contribution in [1.29, 1.82) is 0 Å². The van der Waals surface area contributed by atoms with Gasteiger partial charge in [-0.25, -0.2) is 0 Å². The van der Waals surface area contributed by atoms with E-state index in [1.54, 1.807) is 0 Å². The molecular weight excluding hydrogens is 252 g/mol. The molecule has 1 aromatic heterocycles. The lowest BCUT2D eigenvalue weighted by Crippen LogP contribution is -2.50. The first-order chi connectivity index (χ1) is 7.27. The third kappa shape index (κ3) is 1.64. The van der Waals surface area contributed by atoms with Gasteiger partial charge in [-0.15, -0.1) is 0 Å². The lowest BCUT2D eigenvalue weighted by Gasteiger charge is -2.37. The Kier molecular flexibility index (Phi) is 2.18. The van der Waals surface area contributed by atoms with Crippen LogP contribution in [-0.2, 0) is 0 Å². The Morgan fingerprint density at radius 3 is 2.80 bits per heavy atom. The van der Waals surface area contributed by atoms with Crippen molar-refractivity contribution in [3.63, 3.8) is 0 Å². The van der Waals surface area contributed by atoms with E-state index >= 15 is 0 Å². The smallest absolute Gasteiger partial charge is 0.0410 e. The van der Waals surface area contributed by atoms with Crippen LogP contribution < -0.4 is 5.32 Å². The topological polar surface area (TPSA) is 24.9 Å². The van der Waals surface area contributed by atoms with Crippen LogP contribution in [0.2, 0.25) is 0 Å². The number of allylic oxidation sites excluding steroid dienone is 1. The summed E-state index contributed by atoms with van der Waals surface area (Å²) in [6, 6.07) is 2.16. The van der Waals surface area contributed by atoms with E-state index < -0.39 is 0 Å². The maximum Gasteiger partial charge on any atom is 0.0410 e. The van der Waals surface area contributed by atoms with Crippen molar-refractivity contribution >= 4 is 21.5 Å². The van der Waals surface area contributed by atoms with Crippen LogP contribution >= 0.6 is 15.9 Å². The fourth-order valence-corrected chi connectivity index (χ4v) is 2.80. The normalized spacial score (nSPS) is 22.6. The molecule has 0 atom stereocenters. The first kappa shape index (κ1) is 9.55. The van der Waals surface area contributed by atoms with Crippen molar-refractivity contribution in [3.8, 4) is 0 Å². The number of hydrogen-bond acceptors (Lipinski definition) is 2. The van der Waals surface area contributed by atoms with Crippen LogP contribution in [0.3, 0.4) is 0 Å². The highest BCUT2D eigenvalue weighted by atomic mass is 79.9. The zero-order chi connectivity index (χ0) is 10.3. The number of halogens is 1. The molecule has 0 amide bonds. The van der Waals surface area contributed by atoms with Gasteiger partial charge in [0.05, 0.1) is 0 Å². The van der Waals surface area contributed by atoms with E-state index in [1.807, 2.05) is 12.4 Å². The average molecular weight is 265 g/mol. The van der Waals surface area contributed by atoms with Crippen molar-refractivity contribution in [3.05, 3.63) is 34.6 Å². The van der Waals surface area contributed by atoms with Gasteiger partial charge in [-0.2, -0.15) is 0 Å². The molecule has 2 nitrogen and oxygen atoms in total. The summed E-state index contributed by atoms with van der Waals surface area (Å²) >= 11 is 3.47. The van der Waals surface area contributed by atoms with E-state index in [2.05, 4.69) is 38.4 Å². The SMILES string of the molecule is Brc1cncc(C2=CC3(CC2)CNC3)c1. The van der Waals surface area contributed by atoms with E-state index in [0.717, 1.165) is 17.6 Å². The van der Waals surface area contributed by atoms with Crippen LogP contribution in [0.1, 0.15) is 18.4 Å². The summed E-state index contributed by atoms with van der Waals surface area (Å²) in [7, 11) is 0. The number of nitrogens with zero attached hydrogens (tertiary/aromatic N) is 1. The van der Waals surface area contributed by atoms with Crippen molar-refractivity contribution in [1.82, 2.24) is 10.3 Å². The first-order valence-corrected chi connectivity index (χ1v) is 6.10. The number of hydrogen-bond donors (Lipinski definition) is 1. The first-order valence-electron chi connectivity index (χ1n) is 5.31. The second kappa shape index (κ2) is 3.42. The standard InChI is InChI=1S/C12H13BrN2/c13-11-3-10(5-14-6-11)9-1-2-12(4-9)7-15-8-12/h3-6,15H,1-2,7-8H2. The molecule has 1 saturated heterocycles. The number of nitrogens with one attached hydrogen (secondary N) is 1. The van der Waals surface area contributed by atoms with E-state index in [4.69, 9.17) is 0 Å². The van der Waals surface area contributed by atoms with Gasteiger partial charge in [-0.3, -0.25) is 4.98 Å². The molecular formula is C12H13BrN2. The summed E-state index contributed by atoms with van der Waals surface area (Å²) in [5, 5.41) is 3.36. The van der Waals surface area contributed by atoms with Crippen LogP contribution in [0.5, 0.6) is 0 Å². The molecule has 3 rings (SSSR count). The van der Waals surface area contributed by atoms with Gasteiger partial charge in [0.1, 0.15) is 0 Å². The maximum atomic E-state index is 4.22. The molecule has 0 bridgehead atoms. The largest absolute Gasteiger partial charge is 0.315 e. The van der Waals surface area contributed by atoms with Crippen molar-refractivity contribution < 1.29 is 0 Å². The lowest BCUT2D eigenvalue weighted by molar-refractivity contribution is 0.236. The molecule has 1 spiro atoms. The van der Waals surface area contributed by atoms with Crippen LogP contribution in [0.25, 0.3) is 5.57 Å². The fourth-order valence-electron chi connectivity index (χ4n) is 2.44. The average Bonchev–Trinajstić information content (AvgIpc) is 2.62. The van der Waals surface area contributed by atoms with Crippen LogP contribution in [0.4, 0.5) is 0 Å². The van der Waals surface area contributed by atoms with Gasteiger partial charge in [0.15, 0.2) is 0 Å². The Hall–Kier alpha value is -0.670. The molecule has 1 aromatic rings. The van der Waals surface area contributed by atoms with E-state index in [0.29, 0.717) is 5.41 Å². The van der Waals surface area contributed by atoms with Crippen molar-refractivity contribution in [2.24, 2.45) is 5.41 Å². The molecule has 2 heterocycles. The highest BCUT2D eigenvalue weighted by molar-refractivity contribution is 9.10. The minimum Gasteiger partial charge on any atom is -0.315 e. The minimum atomic E-state index is 0.470. The van der Waals surface area contributed by atoms with Gasteiger partial charge in [-0.1, -0.05) is 6.08 Å². The second-order valence-electron chi connectivity index (χ2n) is 4.53. The predicted octanol–water partition coefficient (Wildman–Crippen LogP) is 2.61. The van der Waals surface area contributed by atoms with E-state index in [9.17, 15) is 0 Å². The summed E-state index contributed by atoms with van der Waals surface area (Å²) in [6.07, 6.45) is 8.73. The molecule has 15 heavy (non-hydrogen) atoms. The zero-order valence-corrected chi connectivity index (χ0v) is 10.0. The summed E-state index contributed by atoms with van der Waals surface area (Å²) in [4.78, 5) is 4.22. The van der Waals surface area contributed by atoms with E-state index in [1.165, 1.54) is 24.0 Å². The Balaban J connectivity index is 1.92. The molecule has 1 aliphatic heterocycles. The summed E-state index contributed by atoms with van der Waals surface area (Å²) < 4.78 is 1.06. The third-order valence-electron chi connectivity index (χ3n) is 3.40. The monoisotopic (exact) mass is 264 g/mol. The number of aromatic nitrogens is 1. The highest BCUT2D eigenvalue weighted by Crippen LogP contribution is 2.42. The molecule has 0 saturated carbocycles. The summed E-state index contributed by atoms with van der Waals surface area (Å²) in [5.41, 5.74) is 3.20. The molecule has 2 aliphatic rings. The summed E-state index contributed by atoms with van der Waals surface area (Å²) in [5.74, 6) is 0. The lowest BCUT2D eigenvalue weighted by atomic mass is 9.82. The van der Waals surface area contributed by atoms with Crippen molar-refractivity contribution in [2.45, 2.75) is 12.8 Å². The third-order valence-corrected chi connectivity index (χ3v) is 3.84. The Morgan fingerprint density at radius 1 is 1.33 bits per heavy atom. The maximum absolute atomic E-state index is 4.22. The van der Waals surface area contributed by atoms with Gasteiger partial charge < -0.3 is 5.32 Å². The second-order valence-corrected chi connectivity index (χ2v) is 5.44. The zero-order valence-electron chi connectivity index (χ0n) is 8.46. The number of rotatable bonds is 1. The fraction of sp³-hybridized carbons (Fsp3) is 0.417. The van der Waals surface area contributed by atoms with Gasteiger partial charge >= 0.3 is 0 Å². The molecule has 78 valence electrons. The van der Waals surface area contributed by atoms with Crippen molar-refractivity contribution in [2.75, 3.05) is 13.1 Å². The van der Waals surface area contributed by atoms with Gasteiger partial charge in [0, 0.05) is 35.4 Å². The molecule has 1 fully saturated rings. The van der Waals surface area contributed by atoms with Crippen LogP contribution in [0.15, 0.2) is 29.0 Å². The molecule has 0 radical (unpaired) electrons. The molecule has 3 heteroatoms. The van der Waals surface area contributed by atoms with Gasteiger partial charge in [0.2, 0.25) is 0 Å². The Morgan fingerprint density at radius 2 is 2.20 bits per heavy atom. The molecule has 0 aromatic carbocycles. The molecule has 1 N–H and O–H groups in total. The van der Waals surface area contributed by atoms with E-state index in [-0.39, 0.29) is 0 Å². The quantitative estimate of drug-likeness (QED) is 0.844.